The zero-order valence-electron chi connectivity index (χ0n) is 11.7. The molecule has 0 unspecified atom stereocenters. The Morgan fingerprint density at radius 3 is 3.05 bits per heavy atom. The van der Waals surface area contributed by atoms with Crippen molar-refractivity contribution in [2.24, 2.45) is 0 Å². The molecule has 3 nitrogen and oxygen atoms in total. The molecule has 106 valence electrons. The first-order valence-corrected chi connectivity index (χ1v) is 7.09. The minimum atomic E-state index is -0.192. The highest BCUT2D eigenvalue weighted by atomic mass is 19.1. The van der Waals surface area contributed by atoms with Crippen LogP contribution in [0.25, 0.3) is 0 Å². The van der Waals surface area contributed by atoms with E-state index in [0.717, 1.165) is 31.2 Å². The quantitative estimate of drug-likeness (QED) is 0.860. The summed E-state index contributed by atoms with van der Waals surface area (Å²) >= 11 is 0. The summed E-state index contributed by atoms with van der Waals surface area (Å²) in [5.41, 5.74) is 0.649. The van der Waals surface area contributed by atoms with Crippen molar-refractivity contribution in [3.05, 3.63) is 53.5 Å². The highest BCUT2D eigenvalue weighted by molar-refractivity contribution is 5.21. The van der Waals surface area contributed by atoms with Gasteiger partial charge in [0.1, 0.15) is 11.6 Å². The first-order valence-electron chi connectivity index (χ1n) is 7.09. The maximum absolute atomic E-state index is 13.6. The second kappa shape index (κ2) is 5.75. The summed E-state index contributed by atoms with van der Waals surface area (Å²) in [7, 11) is 2.12. The van der Waals surface area contributed by atoms with E-state index < -0.39 is 0 Å². The van der Waals surface area contributed by atoms with E-state index in [1.165, 1.54) is 12.5 Å². The third kappa shape index (κ3) is 2.90. The van der Waals surface area contributed by atoms with Crippen LogP contribution in [0.4, 0.5) is 4.39 Å². The molecule has 0 radical (unpaired) electrons. The molecule has 1 fully saturated rings. The van der Waals surface area contributed by atoms with Gasteiger partial charge in [0, 0.05) is 18.9 Å². The third-order valence-corrected chi connectivity index (χ3v) is 3.87. The van der Waals surface area contributed by atoms with Gasteiger partial charge in [0.2, 0.25) is 0 Å². The van der Waals surface area contributed by atoms with E-state index in [1.807, 2.05) is 6.07 Å². The summed E-state index contributed by atoms with van der Waals surface area (Å²) < 4.78 is 19.4. The van der Waals surface area contributed by atoms with Gasteiger partial charge < -0.3 is 9.32 Å². The highest BCUT2D eigenvalue weighted by Gasteiger charge is 2.23. The Morgan fingerprint density at radius 1 is 1.40 bits per heavy atom. The molecule has 0 amide bonds. The molecule has 4 heteroatoms. The number of halogens is 1. The molecule has 3 rings (SSSR count). The third-order valence-electron chi connectivity index (χ3n) is 3.87. The Bertz CT molecular complexity index is 581. The number of benzene rings is 1. The Kier molecular flexibility index (Phi) is 3.83. The molecule has 1 aromatic heterocycles. The number of likely N-dealkylation sites (tertiary alicyclic amines) is 1. The SMILES string of the molecule is CN1CCC[C@@H](c2ncc(Cc3ccccc3F)o2)C1. The number of piperidine rings is 1. The first kappa shape index (κ1) is 13.3. The summed E-state index contributed by atoms with van der Waals surface area (Å²) in [6.07, 6.45) is 4.48. The molecule has 0 N–H and O–H groups in total. The van der Waals surface area contributed by atoms with Crippen LogP contribution in [0, 0.1) is 5.82 Å². The molecule has 0 saturated carbocycles. The number of likely N-dealkylation sites (N-methyl/N-ethyl adjacent to an activating group) is 1. The zero-order chi connectivity index (χ0) is 13.9. The molecule has 1 saturated heterocycles. The second-order valence-electron chi connectivity index (χ2n) is 5.53. The fraction of sp³-hybridized carbons (Fsp3) is 0.438. The van der Waals surface area contributed by atoms with Gasteiger partial charge in [0.25, 0.3) is 0 Å². The summed E-state index contributed by atoms with van der Waals surface area (Å²) in [4.78, 5) is 6.68. The lowest BCUT2D eigenvalue weighted by atomic mass is 9.99. The van der Waals surface area contributed by atoms with Crippen molar-refractivity contribution in [3.63, 3.8) is 0 Å². The predicted molar refractivity (Wildman–Crippen MR) is 75.2 cm³/mol. The Labute approximate surface area is 118 Å². The number of hydrogen-bond donors (Lipinski definition) is 0. The second-order valence-corrected chi connectivity index (χ2v) is 5.53. The minimum Gasteiger partial charge on any atom is -0.445 e. The van der Waals surface area contributed by atoms with Crippen LogP contribution in [0.5, 0.6) is 0 Å². The molecule has 1 atom stereocenters. The molecule has 20 heavy (non-hydrogen) atoms. The predicted octanol–water partition coefficient (Wildman–Crippen LogP) is 3.21. The van der Waals surface area contributed by atoms with Crippen molar-refractivity contribution in [2.45, 2.75) is 25.2 Å². The molecule has 1 aliphatic rings. The molecule has 0 bridgehead atoms. The van der Waals surface area contributed by atoms with Crippen LogP contribution < -0.4 is 0 Å². The van der Waals surface area contributed by atoms with E-state index in [2.05, 4.69) is 16.9 Å². The van der Waals surface area contributed by atoms with Crippen LogP contribution in [0.15, 0.2) is 34.9 Å². The van der Waals surface area contributed by atoms with Gasteiger partial charge in [-0.05, 0) is 38.1 Å². The lowest BCUT2D eigenvalue weighted by Gasteiger charge is -2.27. The Balaban J connectivity index is 1.72. The van der Waals surface area contributed by atoms with Crippen LogP contribution in [-0.2, 0) is 6.42 Å². The van der Waals surface area contributed by atoms with Gasteiger partial charge >= 0.3 is 0 Å². The first-order chi connectivity index (χ1) is 9.72. The van der Waals surface area contributed by atoms with Crippen molar-refractivity contribution in [2.75, 3.05) is 20.1 Å². The van der Waals surface area contributed by atoms with Crippen molar-refractivity contribution in [3.8, 4) is 0 Å². The van der Waals surface area contributed by atoms with Crippen LogP contribution in [0.2, 0.25) is 0 Å². The molecule has 2 aromatic rings. The lowest BCUT2D eigenvalue weighted by molar-refractivity contribution is 0.228. The average Bonchev–Trinajstić information content (AvgIpc) is 2.90. The van der Waals surface area contributed by atoms with Crippen LogP contribution in [0.1, 0.15) is 36.0 Å². The van der Waals surface area contributed by atoms with Crippen LogP contribution >= 0.6 is 0 Å². The molecule has 1 aliphatic heterocycles. The standard InChI is InChI=1S/C16H19FN2O/c1-19-8-4-6-13(11-19)16-18-10-14(20-16)9-12-5-2-3-7-15(12)17/h2-3,5,7,10,13H,4,6,8-9,11H2,1H3/t13-/m1/s1. The fourth-order valence-corrected chi connectivity index (χ4v) is 2.79. The lowest BCUT2D eigenvalue weighted by Crippen LogP contribution is -2.30. The van der Waals surface area contributed by atoms with Gasteiger partial charge in [0.05, 0.1) is 6.20 Å². The Hall–Kier alpha value is -1.68. The maximum Gasteiger partial charge on any atom is 0.198 e. The van der Waals surface area contributed by atoms with Crippen molar-refractivity contribution >= 4 is 0 Å². The van der Waals surface area contributed by atoms with Crippen molar-refractivity contribution in [1.29, 1.82) is 0 Å². The van der Waals surface area contributed by atoms with Gasteiger partial charge in [-0.1, -0.05) is 18.2 Å². The largest absolute Gasteiger partial charge is 0.445 e. The minimum absolute atomic E-state index is 0.192. The van der Waals surface area contributed by atoms with Gasteiger partial charge in [0.15, 0.2) is 5.89 Å². The van der Waals surface area contributed by atoms with E-state index in [-0.39, 0.29) is 5.82 Å². The number of nitrogens with zero attached hydrogens (tertiary/aromatic N) is 2. The van der Waals surface area contributed by atoms with Crippen LogP contribution in [0.3, 0.4) is 0 Å². The number of rotatable bonds is 3. The Morgan fingerprint density at radius 2 is 2.25 bits per heavy atom. The zero-order valence-corrected chi connectivity index (χ0v) is 11.7. The summed E-state index contributed by atoms with van der Waals surface area (Å²) in [6.45, 7) is 2.12. The van der Waals surface area contributed by atoms with Gasteiger partial charge in [-0.2, -0.15) is 0 Å². The van der Waals surface area contributed by atoms with Crippen molar-refractivity contribution in [1.82, 2.24) is 9.88 Å². The number of aromatic nitrogens is 1. The smallest absolute Gasteiger partial charge is 0.198 e. The fourth-order valence-electron chi connectivity index (χ4n) is 2.79. The summed E-state index contributed by atoms with van der Waals surface area (Å²) in [6, 6.07) is 6.79. The summed E-state index contributed by atoms with van der Waals surface area (Å²) in [5.74, 6) is 1.70. The molecular formula is C16H19FN2O. The normalized spacial score (nSPS) is 20.2. The van der Waals surface area contributed by atoms with Crippen LogP contribution in [-0.4, -0.2) is 30.0 Å². The van der Waals surface area contributed by atoms with E-state index in [9.17, 15) is 4.39 Å². The van der Waals surface area contributed by atoms with E-state index in [1.54, 1.807) is 18.3 Å². The number of hydrogen-bond acceptors (Lipinski definition) is 3. The average molecular weight is 274 g/mol. The molecule has 1 aromatic carbocycles. The van der Waals surface area contributed by atoms with Gasteiger partial charge in [-0.3, -0.25) is 0 Å². The van der Waals surface area contributed by atoms with E-state index in [4.69, 9.17) is 4.42 Å². The molecule has 0 aliphatic carbocycles. The summed E-state index contributed by atoms with van der Waals surface area (Å²) in [5, 5.41) is 0. The maximum atomic E-state index is 13.6. The van der Waals surface area contributed by atoms with Gasteiger partial charge in [-0.15, -0.1) is 0 Å². The monoisotopic (exact) mass is 274 g/mol. The van der Waals surface area contributed by atoms with E-state index >= 15 is 0 Å². The highest BCUT2D eigenvalue weighted by Crippen LogP contribution is 2.26. The molecular weight excluding hydrogens is 255 g/mol. The van der Waals surface area contributed by atoms with Crippen molar-refractivity contribution < 1.29 is 8.81 Å². The molecule has 0 spiro atoms. The van der Waals surface area contributed by atoms with E-state index in [0.29, 0.717) is 17.9 Å². The molecule has 2 heterocycles. The topological polar surface area (TPSA) is 29.3 Å². The van der Waals surface area contributed by atoms with Gasteiger partial charge in [-0.25, -0.2) is 9.37 Å². The number of oxazole rings is 1.